The van der Waals surface area contributed by atoms with Crippen molar-refractivity contribution in [2.45, 2.75) is 13.1 Å². The summed E-state index contributed by atoms with van der Waals surface area (Å²) in [5.74, 6) is 1.73. The molecule has 2 aromatic rings. The van der Waals surface area contributed by atoms with Gasteiger partial charge < -0.3 is 14.4 Å². The molecule has 0 atom stereocenters. The van der Waals surface area contributed by atoms with Crippen molar-refractivity contribution in [2.24, 2.45) is 0 Å². The lowest BCUT2D eigenvalue weighted by atomic mass is 10.2. The number of ether oxygens (including phenoxy) is 2. The summed E-state index contributed by atoms with van der Waals surface area (Å²) in [5, 5.41) is 0. The maximum absolute atomic E-state index is 12.5. The minimum atomic E-state index is 0.0771. The zero-order valence-electron chi connectivity index (χ0n) is 15.4. The topological polar surface area (TPSA) is 42.0 Å². The van der Waals surface area contributed by atoms with E-state index in [1.54, 1.807) is 19.1 Å². The summed E-state index contributed by atoms with van der Waals surface area (Å²) in [5.41, 5.74) is 2.14. The fraction of sp³-hybridized carbons (Fsp3) is 0.350. The molecule has 5 heteroatoms. The van der Waals surface area contributed by atoms with Crippen molar-refractivity contribution < 1.29 is 14.3 Å². The predicted molar refractivity (Wildman–Crippen MR) is 98.8 cm³/mol. The van der Waals surface area contributed by atoms with Gasteiger partial charge in [0.1, 0.15) is 11.5 Å². The molecule has 0 aliphatic heterocycles. The SMILES string of the molecule is COc1ccc(CN(C)C(=O)CN(C)Cc2ccccc2OC)cc1. The van der Waals surface area contributed by atoms with Crippen LogP contribution in [0, 0.1) is 0 Å². The molecular formula is C20H26N2O3. The number of nitrogens with zero attached hydrogens (tertiary/aromatic N) is 2. The first-order valence-corrected chi connectivity index (χ1v) is 8.20. The molecule has 2 aromatic carbocycles. The van der Waals surface area contributed by atoms with E-state index < -0.39 is 0 Å². The summed E-state index contributed by atoms with van der Waals surface area (Å²) in [6.07, 6.45) is 0. The first-order chi connectivity index (χ1) is 12.0. The summed E-state index contributed by atoms with van der Waals surface area (Å²) in [6.45, 7) is 1.59. The predicted octanol–water partition coefficient (Wildman–Crippen LogP) is 2.79. The van der Waals surface area contributed by atoms with E-state index in [2.05, 4.69) is 0 Å². The molecule has 134 valence electrons. The third kappa shape index (κ3) is 5.50. The zero-order chi connectivity index (χ0) is 18.2. The van der Waals surface area contributed by atoms with Gasteiger partial charge in [0.2, 0.25) is 5.91 Å². The average molecular weight is 342 g/mol. The van der Waals surface area contributed by atoms with Crippen LogP contribution in [0.15, 0.2) is 48.5 Å². The molecule has 0 fully saturated rings. The number of benzene rings is 2. The molecule has 0 saturated heterocycles. The van der Waals surface area contributed by atoms with Crippen molar-refractivity contribution in [3.63, 3.8) is 0 Å². The van der Waals surface area contributed by atoms with E-state index in [1.165, 1.54) is 0 Å². The molecule has 0 bridgehead atoms. The van der Waals surface area contributed by atoms with Gasteiger partial charge in [0, 0.05) is 25.7 Å². The number of methoxy groups -OCH3 is 2. The lowest BCUT2D eigenvalue weighted by Crippen LogP contribution is -2.36. The van der Waals surface area contributed by atoms with E-state index in [-0.39, 0.29) is 5.91 Å². The molecule has 0 aliphatic carbocycles. The van der Waals surface area contributed by atoms with E-state index in [9.17, 15) is 4.79 Å². The number of amides is 1. The Hall–Kier alpha value is -2.53. The standard InChI is InChI=1S/C20H26N2O3/c1-21(14-17-7-5-6-8-19(17)25-4)15-20(23)22(2)13-16-9-11-18(24-3)12-10-16/h5-12H,13-15H2,1-4H3. The van der Waals surface area contributed by atoms with Crippen LogP contribution in [0.2, 0.25) is 0 Å². The van der Waals surface area contributed by atoms with Gasteiger partial charge in [0.25, 0.3) is 0 Å². The maximum Gasteiger partial charge on any atom is 0.236 e. The second-order valence-corrected chi connectivity index (χ2v) is 6.08. The van der Waals surface area contributed by atoms with Crippen LogP contribution in [0.4, 0.5) is 0 Å². The number of para-hydroxylation sites is 1. The van der Waals surface area contributed by atoms with Crippen molar-refractivity contribution >= 4 is 5.91 Å². The Labute approximate surface area is 149 Å². The third-order valence-electron chi connectivity index (χ3n) is 4.04. The Morgan fingerprint density at radius 2 is 1.60 bits per heavy atom. The monoisotopic (exact) mass is 342 g/mol. The Morgan fingerprint density at radius 1 is 0.920 bits per heavy atom. The third-order valence-corrected chi connectivity index (χ3v) is 4.04. The Balaban J connectivity index is 1.88. The van der Waals surface area contributed by atoms with Crippen LogP contribution in [0.25, 0.3) is 0 Å². The molecule has 0 aromatic heterocycles. The second kappa shape index (κ2) is 9.08. The number of hydrogen-bond acceptors (Lipinski definition) is 4. The van der Waals surface area contributed by atoms with Crippen LogP contribution >= 0.6 is 0 Å². The van der Waals surface area contributed by atoms with Gasteiger partial charge in [0.05, 0.1) is 20.8 Å². The van der Waals surface area contributed by atoms with Gasteiger partial charge in [-0.1, -0.05) is 30.3 Å². The number of carbonyl (C=O) groups is 1. The van der Waals surface area contributed by atoms with Crippen molar-refractivity contribution in [3.8, 4) is 11.5 Å². The van der Waals surface area contributed by atoms with Gasteiger partial charge in [-0.3, -0.25) is 9.69 Å². The molecule has 0 N–H and O–H groups in total. The van der Waals surface area contributed by atoms with Gasteiger partial charge in [0.15, 0.2) is 0 Å². The molecule has 5 nitrogen and oxygen atoms in total. The lowest BCUT2D eigenvalue weighted by molar-refractivity contribution is -0.131. The molecule has 2 rings (SSSR count). The number of rotatable bonds is 8. The molecule has 0 unspecified atom stereocenters. The highest BCUT2D eigenvalue weighted by atomic mass is 16.5. The molecule has 0 spiro atoms. The van der Waals surface area contributed by atoms with Crippen LogP contribution in [0.3, 0.4) is 0 Å². The van der Waals surface area contributed by atoms with Gasteiger partial charge in [-0.15, -0.1) is 0 Å². The van der Waals surface area contributed by atoms with Crippen LogP contribution in [0.1, 0.15) is 11.1 Å². The summed E-state index contributed by atoms with van der Waals surface area (Å²) in [6, 6.07) is 15.6. The van der Waals surface area contributed by atoms with Crippen molar-refractivity contribution in [3.05, 3.63) is 59.7 Å². The van der Waals surface area contributed by atoms with Crippen molar-refractivity contribution in [2.75, 3.05) is 34.9 Å². The van der Waals surface area contributed by atoms with Gasteiger partial charge in [-0.25, -0.2) is 0 Å². The minimum absolute atomic E-state index is 0.0771. The van der Waals surface area contributed by atoms with Crippen molar-refractivity contribution in [1.82, 2.24) is 9.80 Å². The van der Waals surface area contributed by atoms with E-state index in [0.717, 1.165) is 22.6 Å². The first-order valence-electron chi connectivity index (χ1n) is 8.20. The Bertz CT molecular complexity index is 686. The molecule has 25 heavy (non-hydrogen) atoms. The maximum atomic E-state index is 12.5. The number of likely N-dealkylation sites (N-methyl/N-ethyl adjacent to an activating group) is 2. The fourth-order valence-electron chi connectivity index (χ4n) is 2.62. The summed E-state index contributed by atoms with van der Waals surface area (Å²) >= 11 is 0. The van der Waals surface area contributed by atoms with Crippen LogP contribution in [-0.2, 0) is 17.9 Å². The number of hydrogen-bond donors (Lipinski definition) is 0. The van der Waals surface area contributed by atoms with E-state index in [4.69, 9.17) is 9.47 Å². The highest BCUT2D eigenvalue weighted by molar-refractivity contribution is 5.78. The minimum Gasteiger partial charge on any atom is -0.497 e. The second-order valence-electron chi connectivity index (χ2n) is 6.08. The van der Waals surface area contributed by atoms with Gasteiger partial charge >= 0.3 is 0 Å². The fourth-order valence-corrected chi connectivity index (χ4v) is 2.62. The quantitative estimate of drug-likeness (QED) is 0.740. The van der Waals surface area contributed by atoms with Crippen LogP contribution < -0.4 is 9.47 Å². The molecule has 0 aliphatic rings. The average Bonchev–Trinajstić information content (AvgIpc) is 2.62. The van der Waals surface area contributed by atoms with Crippen LogP contribution in [-0.4, -0.2) is 50.6 Å². The zero-order valence-corrected chi connectivity index (χ0v) is 15.4. The number of carbonyl (C=O) groups excluding carboxylic acids is 1. The molecular weight excluding hydrogens is 316 g/mol. The summed E-state index contributed by atoms with van der Waals surface area (Å²) in [7, 11) is 7.06. The lowest BCUT2D eigenvalue weighted by Gasteiger charge is -2.22. The molecule has 1 amide bonds. The van der Waals surface area contributed by atoms with Gasteiger partial charge in [-0.2, -0.15) is 0 Å². The smallest absolute Gasteiger partial charge is 0.236 e. The summed E-state index contributed by atoms with van der Waals surface area (Å²) < 4.78 is 10.5. The Kier molecular flexibility index (Phi) is 6.83. The normalized spacial score (nSPS) is 10.6. The van der Waals surface area contributed by atoms with Gasteiger partial charge in [-0.05, 0) is 30.8 Å². The van der Waals surface area contributed by atoms with Crippen molar-refractivity contribution in [1.29, 1.82) is 0 Å². The Morgan fingerprint density at radius 3 is 2.24 bits per heavy atom. The van der Waals surface area contributed by atoms with E-state index in [1.807, 2.05) is 67.5 Å². The van der Waals surface area contributed by atoms with Crippen LogP contribution in [0.5, 0.6) is 11.5 Å². The largest absolute Gasteiger partial charge is 0.497 e. The molecule has 0 radical (unpaired) electrons. The molecule has 0 saturated carbocycles. The van der Waals surface area contributed by atoms with E-state index >= 15 is 0 Å². The first kappa shape index (κ1) is 18.8. The summed E-state index contributed by atoms with van der Waals surface area (Å²) in [4.78, 5) is 16.2. The highest BCUT2D eigenvalue weighted by Gasteiger charge is 2.14. The molecule has 0 heterocycles. The highest BCUT2D eigenvalue weighted by Crippen LogP contribution is 2.18. The van der Waals surface area contributed by atoms with E-state index in [0.29, 0.717) is 19.6 Å².